The Kier molecular flexibility index (Phi) is 4.03. The van der Waals surface area contributed by atoms with Gasteiger partial charge in [-0.1, -0.05) is 12.1 Å². The summed E-state index contributed by atoms with van der Waals surface area (Å²) in [5.74, 6) is 0.742. The van der Waals surface area contributed by atoms with Crippen molar-refractivity contribution >= 4 is 35.0 Å². The Morgan fingerprint density at radius 2 is 2.00 bits per heavy atom. The smallest absolute Gasteiger partial charge is 0.256 e. The molecule has 2 aromatic heterocycles. The fourth-order valence-corrected chi connectivity index (χ4v) is 2.46. The summed E-state index contributed by atoms with van der Waals surface area (Å²) < 4.78 is 1.53. The van der Waals surface area contributed by atoms with E-state index in [0.29, 0.717) is 11.9 Å². The average Bonchev–Trinajstić information content (AvgIpc) is 3.01. The first-order valence-electron chi connectivity index (χ1n) is 6.08. The molecule has 0 bridgehead atoms. The highest BCUT2D eigenvalue weighted by molar-refractivity contribution is 7.98. The lowest BCUT2D eigenvalue weighted by Gasteiger charge is -2.09. The molecule has 0 amide bonds. The third-order valence-corrected chi connectivity index (χ3v) is 3.62. The van der Waals surface area contributed by atoms with E-state index in [0.717, 1.165) is 10.6 Å². The molecule has 21 heavy (non-hydrogen) atoms. The summed E-state index contributed by atoms with van der Waals surface area (Å²) in [5, 5.41) is 7.35. The van der Waals surface area contributed by atoms with E-state index >= 15 is 0 Å². The second-order valence-electron chi connectivity index (χ2n) is 4.00. The number of rotatable bonds is 4. The molecule has 2 heterocycles. The summed E-state index contributed by atoms with van der Waals surface area (Å²) in [6.45, 7) is 0. The van der Waals surface area contributed by atoms with Crippen molar-refractivity contribution in [2.45, 2.75) is 4.90 Å². The van der Waals surface area contributed by atoms with Gasteiger partial charge in [0.2, 0.25) is 11.2 Å². The molecule has 0 unspecified atom stereocenters. The van der Waals surface area contributed by atoms with Crippen molar-refractivity contribution in [3.05, 3.63) is 48.0 Å². The molecule has 0 saturated heterocycles. The number of hydrogen-bond donors (Lipinski definition) is 1. The van der Waals surface area contributed by atoms with E-state index in [4.69, 9.17) is 11.6 Å². The quantitative estimate of drug-likeness (QED) is 0.745. The Morgan fingerprint density at radius 1 is 1.14 bits per heavy atom. The molecule has 0 fully saturated rings. The number of thioether (sulfide) groups is 1. The Morgan fingerprint density at radius 3 is 2.76 bits per heavy atom. The van der Waals surface area contributed by atoms with Crippen LogP contribution < -0.4 is 5.32 Å². The van der Waals surface area contributed by atoms with Crippen LogP contribution in [-0.2, 0) is 0 Å². The summed E-state index contributed by atoms with van der Waals surface area (Å²) >= 11 is 7.59. The highest BCUT2D eigenvalue weighted by atomic mass is 35.5. The van der Waals surface area contributed by atoms with Crippen LogP contribution in [0, 0.1) is 0 Å². The minimum atomic E-state index is 0.111. The second kappa shape index (κ2) is 6.11. The molecule has 1 aromatic carbocycles. The van der Waals surface area contributed by atoms with Gasteiger partial charge in [-0.05, 0) is 36.1 Å². The van der Waals surface area contributed by atoms with Gasteiger partial charge >= 0.3 is 0 Å². The Hall–Kier alpha value is -2.12. The summed E-state index contributed by atoms with van der Waals surface area (Å²) in [6.07, 6.45) is 5.40. The van der Waals surface area contributed by atoms with Gasteiger partial charge in [-0.25, -0.2) is 4.68 Å². The molecule has 0 spiro atoms. The third kappa shape index (κ3) is 3.14. The fourth-order valence-electron chi connectivity index (χ4n) is 1.75. The fraction of sp³-hybridized carbons (Fsp3) is 0.0769. The normalized spacial score (nSPS) is 10.6. The largest absolute Gasteiger partial charge is 0.323 e. The van der Waals surface area contributed by atoms with Crippen molar-refractivity contribution in [1.82, 2.24) is 24.7 Å². The molecule has 6 nitrogen and oxygen atoms in total. The molecular weight excluding hydrogens is 308 g/mol. The summed E-state index contributed by atoms with van der Waals surface area (Å²) in [7, 11) is 0. The number of hydrogen-bond acceptors (Lipinski definition) is 6. The number of aromatic nitrogens is 5. The zero-order valence-corrected chi connectivity index (χ0v) is 12.6. The predicted molar refractivity (Wildman–Crippen MR) is 83.5 cm³/mol. The van der Waals surface area contributed by atoms with Crippen LogP contribution in [0.4, 0.5) is 11.6 Å². The first-order valence-corrected chi connectivity index (χ1v) is 7.68. The van der Waals surface area contributed by atoms with Gasteiger partial charge in [0.15, 0.2) is 0 Å². The Labute approximate surface area is 130 Å². The number of nitrogens with one attached hydrogen (secondary N) is 1. The lowest BCUT2D eigenvalue weighted by Crippen LogP contribution is -2.07. The van der Waals surface area contributed by atoms with Gasteiger partial charge in [-0.2, -0.15) is 20.1 Å². The van der Waals surface area contributed by atoms with E-state index in [2.05, 4.69) is 25.4 Å². The molecule has 3 rings (SSSR count). The number of nitrogens with zero attached hydrogens (tertiary/aromatic N) is 5. The van der Waals surface area contributed by atoms with Crippen LogP contribution in [0.1, 0.15) is 0 Å². The maximum absolute atomic E-state index is 5.96. The molecule has 1 N–H and O–H groups in total. The molecule has 0 aliphatic carbocycles. The zero-order valence-electron chi connectivity index (χ0n) is 11.1. The maximum atomic E-state index is 5.96. The summed E-state index contributed by atoms with van der Waals surface area (Å²) in [5.41, 5.74) is 0.915. The molecule has 0 saturated carbocycles. The zero-order chi connectivity index (χ0) is 14.7. The molecular formula is C13H11ClN6S. The van der Waals surface area contributed by atoms with Crippen molar-refractivity contribution in [3.8, 4) is 5.95 Å². The van der Waals surface area contributed by atoms with Crippen LogP contribution in [0.3, 0.4) is 0 Å². The van der Waals surface area contributed by atoms with Crippen LogP contribution in [0.25, 0.3) is 5.95 Å². The molecule has 8 heteroatoms. The van der Waals surface area contributed by atoms with Gasteiger partial charge in [0.05, 0.1) is 5.69 Å². The van der Waals surface area contributed by atoms with E-state index in [1.54, 1.807) is 30.2 Å². The van der Waals surface area contributed by atoms with Gasteiger partial charge in [-0.3, -0.25) is 0 Å². The SMILES string of the molecule is CSc1ccccc1Nc1nc(Cl)nc(-n2cccn2)n1. The van der Waals surface area contributed by atoms with Crippen LogP contribution in [-0.4, -0.2) is 31.0 Å². The standard InChI is InChI=1S/C13H11ClN6S/c1-21-10-6-3-2-5-9(10)16-12-17-11(14)18-13(19-12)20-8-4-7-15-20/h2-8H,1H3,(H,16,17,18,19). The summed E-state index contributed by atoms with van der Waals surface area (Å²) in [4.78, 5) is 13.6. The average molecular weight is 319 g/mol. The molecule has 0 atom stereocenters. The number of benzene rings is 1. The van der Waals surface area contributed by atoms with E-state index < -0.39 is 0 Å². The third-order valence-electron chi connectivity index (χ3n) is 2.66. The van der Waals surface area contributed by atoms with Gasteiger partial charge < -0.3 is 5.32 Å². The van der Waals surface area contributed by atoms with E-state index in [9.17, 15) is 0 Å². The van der Waals surface area contributed by atoms with Crippen LogP contribution >= 0.6 is 23.4 Å². The topological polar surface area (TPSA) is 68.5 Å². The van der Waals surface area contributed by atoms with E-state index in [-0.39, 0.29) is 5.28 Å². The van der Waals surface area contributed by atoms with Crippen molar-refractivity contribution in [2.24, 2.45) is 0 Å². The second-order valence-corrected chi connectivity index (χ2v) is 5.19. The lowest BCUT2D eigenvalue weighted by atomic mass is 10.3. The van der Waals surface area contributed by atoms with Gasteiger partial charge in [0.25, 0.3) is 5.95 Å². The van der Waals surface area contributed by atoms with E-state index in [1.165, 1.54) is 4.68 Å². The Bertz CT molecular complexity index is 746. The van der Waals surface area contributed by atoms with Crippen LogP contribution in [0.2, 0.25) is 5.28 Å². The minimum Gasteiger partial charge on any atom is -0.323 e. The summed E-state index contributed by atoms with van der Waals surface area (Å²) in [6, 6.07) is 9.68. The van der Waals surface area contributed by atoms with Crippen LogP contribution in [0.15, 0.2) is 47.6 Å². The molecule has 0 aliphatic heterocycles. The van der Waals surface area contributed by atoms with Gasteiger partial charge in [0, 0.05) is 17.3 Å². The predicted octanol–water partition coefficient (Wildman–Crippen LogP) is 3.18. The van der Waals surface area contributed by atoms with Crippen molar-refractivity contribution in [3.63, 3.8) is 0 Å². The van der Waals surface area contributed by atoms with Crippen molar-refractivity contribution in [2.75, 3.05) is 11.6 Å². The highest BCUT2D eigenvalue weighted by Crippen LogP contribution is 2.26. The number of para-hydroxylation sites is 1. The van der Waals surface area contributed by atoms with Gasteiger partial charge in [-0.15, -0.1) is 11.8 Å². The van der Waals surface area contributed by atoms with Crippen molar-refractivity contribution < 1.29 is 0 Å². The molecule has 0 radical (unpaired) electrons. The van der Waals surface area contributed by atoms with E-state index in [1.807, 2.05) is 30.5 Å². The number of anilines is 2. The highest BCUT2D eigenvalue weighted by Gasteiger charge is 2.09. The first kappa shape index (κ1) is 13.8. The molecule has 0 aliphatic rings. The monoisotopic (exact) mass is 318 g/mol. The molecule has 106 valence electrons. The molecule has 3 aromatic rings. The maximum Gasteiger partial charge on any atom is 0.256 e. The van der Waals surface area contributed by atoms with Crippen LogP contribution in [0.5, 0.6) is 0 Å². The number of halogens is 1. The first-order chi connectivity index (χ1) is 10.3. The lowest BCUT2D eigenvalue weighted by molar-refractivity contribution is 0.798. The Balaban J connectivity index is 1.96. The minimum absolute atomic E-state index is 0.111. The van der Waals surface area contributed by atoms with Gasteiger partial charge in [0.1, 0.15) is 0 Å². The van der Waals surface area contributed by atoms with Crippen molar-refractivity contribution in [1.29, 1.82) is 0 Å².